The number of thioether (sulfide) groups is 1. The Morgan fingerprint density at radius 1 is 1.25 bits per heavy atom. The van der Waals surface area contributed by atoms with E-state index in [0.29, 0.717) is 17.9 Å². The van der Waals surface area contributed by atoms with Crippen molar-refractivity contribution in [3.8, 4) is 17.2 Å². The summed E-state index contributed by atoms with van der Waals surface area (Å²) in [5, 5.41) is 10.2. The summed E-state index contributed by atoms with van der Waals surface area (Å²) < 4.78 is 34.5. The third kappa shape index (κ3) is 5.64. The number of nitrogens with zero attached hydrogens (tertiary/aromatic N) is 2. The number of hydrogen-bond donors (Lipinski definition) is 1. The van der Waals surface area contributed by atoms with Crippen LogP contribution in [0.5, 0.6) is 17.2 Å². The predicted molar refractivity (Wildman–Crippen MR) is 118 cm³/mol. The summed E-state index contributed by atoms with van der Waals surface area (Å²) in [7, 11) is 0. The second-order valence-corrected chi connectivity index (χ2v) is 7.53. The molecule has 1 amide bonds. The van der Waals surface area contributed by atoms with E-state index < -0.39 is 12.5 Å². The number of aliphatic imine (C=N–C) groups is 1. The molecule has 0 aliphatic carbocycles. The van der Waals surface area contributed by atoms with Gasteiger partial charge in [-0.15, -0.1) is 0 Å². The summed E-state index contributed by atoms with van der Waals surface area (Å²) in [6.07, 6.45) is 1.53. The van der Waals surface area contributed by atoms with Crippen molar-refractivity contribution in [3.05, 3.63) is 53.7 Å². The molecule has 0 atom stereocenters. The number of alkyl halides is 2. The van der Waals surface area contributed by atoms with Crippen molar-refractivity contribution < 1.29 is 33.0 Å². The second-order valence-electron chi connectivity index (χ2n) is 6.59. The van der Waals surface area contributed by atoms with Crippen LogP contribution in [0.1, 0.15) is 19.4 Å². The molecule has 0 unspecified atom stereocenters. The first-order valence-electron chi connectivity index (χ1n) is 9.56. The highest BCUT2D eigenvalue weighted by Crippen LogP contribution is 2.32. The van der Waals surface area contributed by atoms with Crippen molar-refractivity contribution in [2.24, 2.45) is 4.99 Å². The van der Waals surface area contributed by atoms with E-state index in [1.165, 1.54) is 48.2 Å². The number of anilines is 1. The molecule has 32 heavy (non-hydrogen) atoms. The fourth-order valence-corrected chi connectivity index (χ4v) is 3.63. The average molecular weight is 462 g/mol. The van der Waals surface area contributed by atoms with Gasteiger partial charge in [-0.1, -0.05) is 17.8 Å². The van der Waals surface area contributed by atoms with Gasteiger partial charge in [-0.05, 0) is 61.9 Å². The number of carbonyl (C=O) groups excluding carboxylic acids is 2. The van der Waals surface area contributed by atoms with E-state index in [0.717, 1.165) is 11.8 Å². The van der Waals surface area contributed by atoms with Crippen molar-refractivity contribution in [1.29, 1.82) is 0 Å². The van der Waals surface area contributed by atoms with Crippen molar-refractivity contribution >= 4 is 40.4 Å². The van der Waals surface area contributed by atoms with Crippen LogP contribution in [0.25, 0.3) is 6.08 Å². The first-order chi connectivity index (χ1) is 15.3. The van der Waals surface area contributed by atoms with Crippen LogP contribution >= 0.6 is 11.8 Å². The highest BCUT2D eigenvalue weighted by molar-refractivity contribution is 8.14. The number of phenols is 1. The van der Waals surface area contributed by atoms with Gasteiger partial charge in [-0.25, -0.2) is 4.99 Å². The van der Waals surface area contributed by atoms with Crippen molar-refractivity contribution in [1.82, 2.24) is 0 Å². The largest absolute Gasteiger partial charge is 0.504 e. The number of amidine groups is 1. The Kier molecular flexibility index (Phi) is 7.47. The number of ketones is 1. The molecule has 0 fully saturated rings. The zero-order chi connectivity index (χ0) is 23.3. The maximum atomic E-state index is 13.1. The van der Waals surface area contributed by atoms with Gasteiger partial charge in [0.05, 0.1) is 18.0 Å². The molecule has 168 valence electrons. The van der Waals surface area contributed by atoms with E-state index >= 15 is 0 Å². The molecular weight excluding hydrogens is 442 g/mol. The number of halogens is 2. The fraction of sp³-hybridized carbons (Fsp3) is 0.227. The van der Waals surface area contributed by atoms with Crippen molar-refractivity contribution in [2.75, 3.05) is 17.3 Å². The lowest BCUT2D eigenvalue weighted by molar-refractivity contribution is -0.115. The molecule has 1 aliphatic rings. The topological polar surface area (TPSA) is 88.4 Å². The lowest BCUT2D eigenvalue weighted by Crippen LogP contribution is -2.30. The Hall–Kier alpha value is -3.40. The van der Waals surface area contributed by atoms with Crippen LogP contribution in [0.2, 0.25) is 0 Å². The summed E-state index contributed by atoms with van der Waals surface area (Å²) >= 11 is 1.09. The van der Waals surface area contributed by atoms with E-state index in [4.69, 9.17) is 4.74 Å². The molecule has 0 saturated heterocycles. The van der Waals surface area contributed by atoms with Gasteiger partial charge in [-0.3, -0.25) is 14.5 Å². The molecule has 0 radical (unpaired) electrons. The van der Waals surface area contributed by atoms with Gasteiger partial charge in [0.15, 0.2) is 16.7 Å². The molecule has 1 aliphatic heterocycles. The van der Waals surface area contributed by atoms with E-state index in [1.54, 1.807) is 19.1 Å². The average Bonchev–Trinajstić information content (AvgIpc) is 3.04. The highest BCUT2D eigenvalue weighted by Gasteiger charge is 2.32. The van der Waals surface area contributed by atoms with Gasteiger partial charge in [0.1, 0.15) is 17.2 Å². The monoisotopic (exact) mass is 462 g/mol. The number of rotatable bonds is 8. The van der Waals surface area contributed by atoms with E-state index in [-0.39, 0.29) is 39.6 Å². The number of carbonyl (C=O) groups is 2. The van der Waals surface area contributed by atoms with Gasteiger partial charge in [0.2, 0.25) is 0 Å². The maximum Gasteiger partial charge on any atom is 0.387 e. The van der Waals surface area contributed by atoms with Crippen molar-refractivity contribution in [2.45, 2.75) is 20.5 Å². The van der Waals surface area contributed by atoms with Crippen LogP contribution in [0.4, 0.5) is 14.5 Å². The van der Waals surface area contributed by atoms with Gasteiger partial charge in [-0.2, -0.15) is 8.78 Å². The van der Waals surface area contributed by atoms with Gasteiger partial charge in [0.25, 0.3) is 5.91 Å². The number of phenolic OH excluding ortho intramolecular Hbond substituents is 1. The van der Waals surface area contributed by atoms with Gasteiger partial charge in [0, 0.05) is 0 Å². The Labute approximate surface area is 187 Å². The van der Waals surface area contributed by atoms with Crippen LogP contribution in [0, 0.1) is 0 Å². The van der Waals surface area contributed by atoms with E-state index in [1.807, 2.05) is 0 Å². The van der Waals surface area contributed by atoms with Gasteiger partial charge >= 0.3 is 6.61 Å². The Morgan fingerprint density at radius 2 is 1.97 bits per heavy atom. The maximum absolute atomic E-state index is 13.1. The molecule has 7 nitrogen and oxygen atoms in total. The molecule has 0 bridgehead atoms. The SMILES string of the molecule is CCOc1cc(/C=C2\N=C(SCC(C)=O)N(c3ccc(OC(F)F)cc3)C2=O)ccc1O. The number of amides is 1. The fourth-order valence-electron chi connectivity index (χ4n) is 2.81. The summed E-state index contributed by atoms with van der Waals surface area (Å²) in [6.45, 7) is 0.603. The molecule has 1 N–H and O–H groups in total. The minimum absolute atomic E-state index is 0.0271. The molecule has 2 aromatic rings. The van der Waals surface area contributed by atoms with Crippen LogP contribution < -0.4 is 14.4 Å². The Balaban J connectivity index is 1.94. The Morgan fingerprint density at radius 3 is 2.59 bits per heavy atom. The zero-order valence-corrected chi connectivity index (χ0v) is 18.1. The summed E-state index contributed by atoms with van der Waals surface area (Å²) in [5.41, 5.74) is 1.07. The predicted octanol–water partition coefficient (Wildman–Crippen LogP) is 4.46. The molecular formula is C22H20F2N2O5S. The standard InChI is InChI=1S/C22H20F2N2O5S/c1-3-30-19-11-14(4-9-18(19)28)10-17-20(29)26(22(25-17)32-12-13(2)27)15-5-7-16(8-6-15)31-21(23)24/h4-11,21,28H,3,12H2,1-2H3/b17-10-. The Bertz CT molecular complexity index is 1070. The van der Waals surface area contributed by atoms with Crippen LogP contribution in [-0.2, 0) is 9.59 Å². The third-order valence-electron chi connectivity index (χ3n) is 4.14. The molecule has 0 saturated carbocycles. The minimum Gasteiger partial charge on any atom is -0.504 e. The lowest BCUT2D eigenvalue weighted by Gasteiger charge is -2.18. The number of aromatic hydroxyl groups is 1. The quantitative estimate of drug-likeness (QED) is 0.583. The molecule has 10 heteroatoms. The lowest BCUT2D eigenvalue weighted by atomic mass is 10.1. The van der Waals surface area contributed by atoms with Crippen molar-refractivity contribution in [3.63, 3.8) is 0 Å². The number of benzene rings is 2. The third-order valence-corrected chi connectivity index (χ3v) is 5.22. The molecule has 0 aromatic heterocycles. The second kappa shape index (κ2) is 10.3. The van der Waals surface area contributed by atoms with E-state index in [9.17, 15) is 23.5 Å². The molecule has 1 heterocycles. The molecule has 3 rings (SSSR count). The normalized spacial score (nSPS) is 14.8. The highest BCUT2D eigenvalue weighted by atomic mass is 32.2. The number of hydrogen-bond acceptors (Lipinski definition) is 7. The number of Topliss-reactive ketones (excluding diaryl/α,β-unsaturated/α-hetero) is 1. The minimum atomic E-state index is -2.96. The molecule has 0 spiro atoms. The number of ether oxygens (including phenoxy) is 2. The zero-order valence-electron chi connectivity index (χ0n) is 17.2. The van der Waals surface area contributed by atoms with Crippen LogP contribution in [0.3, 0.4) is 0 Å². The smallest absolute Gasteiger partial charge is 0.387 e. The summed E-state index contributed by atoms with van der Waals surface area (Å²) in [4.78, 5) is 30.2. The van der Waals surface area contributed by atoms with Gasteiger partial charge < -0.3 is 14.6 Å². The first kappa shape index (κ1) is 23.3. The van der Waals surface area contributed by atoms with Crippen LogP contribution in [0.15, 0.2) is 53.2 Å². The summed E-state index contributed by atoms with van der Waals surface area (Å²) in [5.74, 6) is -0.244. The first-order valence-corrected chi connectivity index (χ1v) is 10.5. The van der Waals surface area contributed by atoms with Crippen LogP contribution in [-0.4, -0.2) is 40.9 Å². The molecule has 2 aromatic carbocycles. The van der Waals surface area contributed by atoms with E-state index in [2.05, 4.69) is 9.73 Å². The summed E-state index contributed by atoms with van der Waals surface area (Å²) in [6, 6.07) is 10.2.